The number of nitrogens with two attached hydrogens (primary N) is 1. The summed E-state index contributed by atoms with van der Waals surface area (Å²) in [6.07, 6.45) is 0. The zero-order chi connectivity index (χ0) is 22.7. The molecule has 6 nitrogen and oxygen atoms in total. The first-order valence-electron chi connectivity index (χ1n) is 10.7. The van der Waals surface area contributed by atoms with Gasteiger partial charge in [0, 0.05) is 41.3 Å². The number of nitrogen functional groups attached to an aromatic ring is 1. The van der Waals surface area contributed by atoms with Gasteiger partial charge in [-0.2, -0.15) is 0 Å². The van der Waals surface area contributed by atoms with Gasteiger partial charge in [-0.05, 0) is 55.8 Å². The molecule has 4 rings (SSSR count). The van der Waals surface area contributed by atoms with E-state index in [-0.39, 0.29) is 11.8 Å². The van der Waals surface area contributed by atoms with Crippen molar-refractivity contribution in [3.05, 3.63) is 89.5 Å². The number of nitrogens with one attached hydrogen (secondary N) is 2. The summed E-state index contributed by atoms with van der Waals surface area (Å²) in [4.78, 5) is 27.6. The lowest BCUT2D eigenvalue weighted by atomic mass is 9.99. The summed E-state index contributed by atoms with van der Waals surface area (Å²) in [6, 6.07) is 22.4. The summed E-state index contributed by atoms with van der Waals surface area (Å²) < 4.78 is 0. The van der Waals surface area contributed by atoms with Crippen molar-refractivity contribution in [2.45, 2.75) is 13.8 Å². The summed E-state index contributed by atoms with van der Waals surface area (Å²) >= 11 is 0. The molecule has 0 atom stereocenters. The Morgan fingerprint density at radius 1 is 0.938 bits per heavy atom. The van der Waals surface area contributed by atoms with Crippen LogP contribution in [0.4, 0.5) is 17.1 Å². The van der Waals surface area contributed by atoms with E-state index in [1.165, 1.54) is 0 Å². The van der Waals surface area contributed by atoms with Crippen LogP contribution in [0.2, 0.25) is 0 Å². The molecule has 0 radical (unpaired) electrons. The molecule has 4 N–H and O–H groups in total. The van der Waals surface area contributed by atoms with E-state index in [0.29, 0.717) is 35.6 Å². The number of anilines is 3. The Labute approximate surface area is 187 Å². The highest BCUT2D eigenvalue weighted by molar-refractivity contribution is 6.37. The number of rotatable bonds is 6. The largest absolute Gasteiger partial charge is 0.399 e. The number of hydrogen-bond donors (Lipinski definition) is 3. The van der Waals surface area contributed by atoms with Gasteiger partial charge in [-0.1, -0.05) is 36.4 Å². The fourth-order valence-corrected chi connectivity index (χ4v) is 3.88. The highest BCUT2D eigenvalue weighted by Crippen LogP contribution is 2.38. The highest BCUT2D eigenvalue weighted by Gasteiger charge is 2.28. The van der Waals surface area contributed by atoms with Crippen LogP contribution in [0.25, 0.3) is 11.3 Å². The number of hydrogen-bond acceptors (Lipinski definition) is 4. The fraction of sp³-hybridized carbons (Fsp3) is 0.154. The van der Waals surface area contributed by atoms with Gasteiger partial charge in [0.2, 0.25) is 0 Å². The molecule has 0 saturated heterocycles. The van der Waals surface area contributed by atoms with E-state index in [2.05, 4.69) is 10.6 Å². The van der Waals surface area contributed by atoms with Gasteiger partial charge in [0.25, 0.3) is 11.8 Å². The summed E-state index contributed by atoms with van der Waals surface area (Å²) in [6.45, 7) is 5.21. The van der Waals surface area contributed by atoms with E-state index in [9.17, 15) is 9.59 Å². The zero-order valence-corrected chi connectivity index (χ0v) is 18.2. The zero-order valence-electron chi connectivity index (χ0n) is 18.2. The Balaban J connectivity index is 1.81. The molecule has 0 aliphatic carbocycles. The van der Waals surface area contributed by atoms with Crippen LogP contribution in [0.3, 0.4) is 0 Å². The van der Waals surface area contributed by atoms with Gasteiger partial charge < -0.3 is 21.3 Å². The maximum atomic E-state index is 13.0. The molecule has 2 amide bonds. The molecule has 32 heavy (non-hydrogen) atoms. The van der Waals surface area contributed by atoms with Crippen LogP contribution in [0.1, 0.15) is 35.3 Å². The summed E-state index contributed by atoms with van der Waals surface area (Å²) in [5.41, 5.74) is 11.4. The Morgan fingerprint density at radius 3 is 2.38 bits per heavy atom. The van der Waals surface area contributed by atoms with E-state index >= 15 is 0 Å². The van der Waals surface area contributed by atoms with Gasteiger partial charge in [-0.3, -0.25) is 9.59 Å². The van der Waals surface area contributed by atoms with Crippen molar-refractivity contribution in [3.63, 3.8) is 0 Å². The number of carbonyl (C=O) groups is 2. The van der Waals surface area contributed by atoms with Crippen molar-refractivity contribution in [1.29, 1.82) is 0 Å². The number of nitrogens with zero attached hydrogens (tertiary/aromatic N) is 1. The first-order chi connectivity index (χ1) is 15.5. The van der Waals surface area contributed by atoms with Gasteiger partial charge in [-0.15, -0.1) is 0 Å². The van der Waals surface area contributed by atoms with E-state index in [4.69, 9.17) is 5.73 Å². The maximum absolute atomic E-state index is 13.0. The smallest absolute Gasteiger partial charge is 0.258 e. The van der Waals surface area contributed by atoms with E-state index < -0.39 is 0 Å². The third-order valence-electron chi connectivity index (χ3n) is 5.53. The molecule has 0 unspecified atom stereocenters. The van der Waals surface area contributed by atoms with Crippen LogP contribution in [0.15, 0.2) is 72.8 Å². The molecular formula is C26H26N4O2. The normalized spacial score (nSPS) is 13.9. The molecule has 1 aliphatic heterocycles. The van der Waals surface area contributed by atoms with E-state index in [0.717, 1.165) is 22.5 Å². The lowest BCUT2D eigenvalue weighted by Crippen LogP contribution is -2.30. The monoisotopic (exact) mass is 426 g/mol. The number of fused-ring (bicyclic) bond motifs is 1. The number of carbonyl (C=O) groups excluding carboxylic acids is 2. The Morgan fingerprint density at radius 2 is 1.66 bits per heavy atom. The average molecular weight is 427 g/mol. The van der Waals surface area contributed by atoms with Crippen molar-refractivity contribution in [3.8, 4) is 0 Å². The number of benzene rings is 3. The predicted octanol–water partition coefficient (Wildman–Crippen LogP) is 4.68. The molecule has 0 fully saturated rings. The summed E-state index contributed by atoms with van der Waals surface area (Å²) in [5.74, 6) is -0.225. The number of amides is 2. The second kappa shape index (κ2) is 8.98. The van der Waals surface area contributed by atoms with E-state index in [1.54, 1.807) is 23.1 Å². The average Bonchev–Trinajstić information content (AvgIpc) is 3.13. The van der Waals surface area contributed by atoms with Crippen molar-refractivity contribution < 1.29 is 9.59 Å². The van der Waals surface area contributed by atoms with Gasteiger partial charge in [-0.25, -0.2) is 0 Å². The van der Waals surface area contributed by atoms with E-state index in [1.807, 2.05) is 68.4 Å². The van der Waals surface area contributed by atoms with Gasteiger partial charge >= 0.3 is 0 Å². The molecule has 1 aliphatic rings. The Kier molecular flexibility index (Phi) is 5.94. The molecule has 162 valence electrons. The van der Waals surface area contributed by atoms with Crippen molar-refractivity contribution >= 4 is 40.1 Å². The molecule has 3 aromatic rings. The molecule has 0 bridgehead atoms. The van der Waals surface area contributed by atoms with Gasteiger partial charge in [0.15, 0.2) is 0 Å². The Hall–Kier alpha value is -4.06. The van der Waals surface area contributed by atoms with Crippen molar-refractivity contribution in [1.82, 2.24) is 4.90 Å². The molecule has 0 spiro atoms. The van der Waals surface area contributed by atoms with Crippen molar-refractivity contribution in [2.75, 3.05) is 29.5 Å². The molecular weight excluding hydrogens is 400 g/mol. The summed E-state index contributed by atoms with van der Waals surface area (Å²) in [5, 5.41) is 6.32. The first kappa shape index (κ1) is 21.2. The topological polar surface area (TPSA) is 87.5 Å². The lowest BCUT2D eigenvalue weighted by Gasteiger charge is -2.20. The van der Waals surface area contributed by atoms with Crippen molar-refractivity contribution in [2.24, 2.45) is 0 Å². The Bertz CT molecular complexity index is 1200. The molecule has 6 heteroatoms. The molecule has 0 saturated carbocycles. The van der Waals surface area contributed by atoms with Crippen LogP contribution in [-0.2, 0) is 4.79 Å². The van der Waals surface area contributed by atoms with Gasteiger partial charge in [0.1, 0.15) is 0 Å². The quantitative estimate of drug-likeness (QED) is 0.394. The van der Waals surface area contributed by atoms with Crippen LogP contribution in [0, 0.1) is 0 Å². The second-order valence-corrected chi connectivity index (χ2v) is 7.56. The maximum Gasteiger partial charge on any atom is 0.258 e. The first-order valence-corrected chi connectivity index (χ1v) is 10.7. The second-order valence-electron chi connectivity index (χ2n) is 7.56. The highest BCUT2D eigenvalue weighted by atomic mass is 16.2. The third-order valence-corrected chi connectivity index (χ3v) is 5.53. The minimum absolute atomic E-state index is 0.0238. The minimum Gasteiger partial charge on any atom is -0.399 e. The molecule has 3 aromatic carbocycles. The van der Waals surface area contributed by atoms with Gasteiger partial charge in [0.05, 0.1) is 11.3 Å². The fourth-order valence-electron chi connectivity index (χ4n) is 3.88. The van der Waals surface area contributed by atoms with Crippen LogP contribution in [-0.4, -0.2) is 29.8 Å². The minimum atomic E-state index is -0.202. The predicted molar refractivity (Wildman–Crippen MR) is 130 cm³/mol. The molecule has 0 aromatic heterocycles. The third kappa shape index (κ3) is 4.07. The standard InChI is InChI=1S/C26H26N4O2/c1-3-30(4-2)26(32)18-11-8-12-20(15-18)28-24(17-9-6-5-7-10-17)23-21-16-19(27)13-14-22(21)29-25(23)31/h5-16,28H,3-4,27H2,1-2H3,(H,29,31)/b24-23-. The van der Waals surface area contributed by atoms with Crippen LogP contribution >= 0.6 is 0 Å². The van der Waals surface area contributed by atoms with Crippen LogP contribution < -0.4 is 16.4 Å². The molecule has 1 heterocycles. The summed E-state index contributed by atoms with van der Waals surface area (Å²) in [7, 11) is 0. The van der Waals surface area contributed by atoms with Crippen LogP contribution in [0.5, 0.6) is 0 Å². The SMILES string of the molecule is CCN(CC)C(=O)c1cccc(N/C(=C2\C(=O)Nc3ccc(N)cc32)c2ccccc2)c1. The lowest BCUT2D eigenvalue weighted by molar-refractivity contribution is -0.110.